The van der Waals surface area contributed by atoms with E-state index in [4.69, 9.17) is 13.9 Å². The van der Waals surface area contributed by atoms with E-state index in [1.807, 2.05) is 0 Å². The van der Waals surface area contributed by atoms with Gasteiger partial charge in [-0.15, -0.1) is 0 Å². The molecule has 1 unspecified atom stereocenters. The summed E-state index contributed by atoms with van der Waals surface area (Å²) >= 11 is 3.51. The third kappa shape index (κ3) is 195. The van der Waals surface area contributed by atoms with E-state index in [2.05, 4.69) is 0 Å². The first-order valence-electron chi connectivity index (χ1n) is 2.94. The van der Waals surface area contributed by atoms with Crippen LogP contribution < -0.4 is 29.6 Å². The Kier molecular flexibility index (Phi) is 809. The van der Waals surface area contributed by atoms with Crippen LogP contribution in [-0.2, 0) is 11.1 Å². The Labute approximate surface area is 272 Å². The summed E-state index contributed by atoms with van der Waals surface area (Å²) in [5.41, 5.74) is 0. The van der Waals surface area contributed by atoms with Crippen LogP contribution in [0.4, 0.5) is 0 Å². The van der Waals surface area contributed by atoms with Gasteiger partial charge in [0, 0.05) is 1.43 Å². The summed E-state index contributed by atoms with van der Waals surface area (Å²) in [6.07, 6.45) is 0. The van der Waals surface area contributed by atoms with Crippen molar-refractivity contribution in [3.63, 3.8) is 0 Å². The van der Waals surface area contributed by atoms with E-state index in [0.29, 0.717) is 0 Å². The zero-order valence-corrected chi connectivity index (χ0v) is 31.2. The first-order valence-corrected chi connectivity index (χ1v) is 20.2. The normalized spacial score (nSPS) is 4.29. The second kappa shape index (κ2) is 145. The second-order valence-electron chi connectivity index (χ2n) is 0.433. The van der Waals surface area contributed by atoms with Crippen LogP contribution in [0.1, 0.15) is 46.0 Å². The predicted octanol–water partition coefficient (Wildman–Crippen LogP) is -6.22. The average molecular weight is 713 g/mol. The molecule has 1 atom stereocenters. The van der Waals surface area contributed by atoms with Crippen LogP contribution in [0.3, 0.4) is 0 Å². The summed E-state index contributed by atoms with van der Waals surface area (Å²) in [7, 11) is 0. The standard InChI is InChI=1S/CH4O3S.6CH4.5Na.5H2Se.H2/c2-1-5(3)4;;;;;;;;;;;;;;;;;/h2H,1H2,(H,3,4);6*1H4;;;;;;5*1H2;1H/q;;;;;;;;;;;+1;;;;;;/p-1. The molecule has 126 valence electrons. The van der Waals surface area contributed by atoms with E-state index >= 15 is 0 Å². The molecular weight excluding hydrogens is 674 g/mol. The van der Waals surface area contributed by atoms with Crippen LogP contribution in [-0.4, -0.2) is 192 Å². The average Bonchev–Trinajstić information content (AvgIpc) is 1.97. The SMILES string of the molecule is C.C.C.C.C.C.O=S([O-])CO.[HH].[Na+].[Na][Na].[Na][Na].[SeH2].[SeH2].[SeH2].[SeH2].[SeH2]. The Bertz CT molecular complexity index is 85.8. The third-order valence-electron chi connectivity index (χ3n) is 0.105. The van der Waals surface area contributed by atoms with Gasteiger partial charge in [-0.2, -0.15) is 0 Å². The number of hydrogen-bond acceptors (Lipinski definition) is 3. The van der Waals surface area contributed by atoms with Crippen molar-refractivity contribution in [3.8, 4) is 0 Å². The molecule has 0 radical (unpaired) electrons. The molecule has 0 saturated heterocycles. The van der Waals surface area contributed by atoms with E-state index in [1.165, 1.54) is 87.2 Å². The summed E-state index contributed by atoms with van der Waals surface area (Å²) in [6.45, 7) is 0. The Morgan fingerprint density at radius 1 is 0.762 bits per heavy atom. The van der Waals surface area contributed by atoms with Gasteiger partial charge in [0.05, 0.1) is 0 Å². The van der Waals surface area contributed by atoms with Gasteiger partial charge < -0.3 is 9.66 Å². The van der Waals surface area contributed by atoms with E-state index in [1.54, 1.807) is 0 Å². The quantitative estimate of drug-likeness (QED) is 0.218. The van der Waals surface area contributed by atoms with Crippen molar-refractivity contribution in [2.75, 3.05) is 5.94 Å². The van der Waals surface area contributed by atoms with Crippen LogP contribution in [0.5, 0.6) is 0 Å². The molecule has 1 N–H and O–H groups in total. The van der Waals surface area contributed by atoms with Gasteiger partial charge in [0.25, 0.3) is 0 Å². The molecule has 0 aromatic heterocycles. The van der Waals surface area contributed by atoms with Crippen molar-refractivity contribution in [3.05, 3.63) is 0 Å². The fourth-order valence-electron chi connectivity index (χ4n) is 0. The van der Waals surface area contributed by atoms with E-state index in [0.717, 1.165) is 0 Å². The van der Waals surface area contributed by atoms with Crippen LogP contribution in [0.25, 0.3) is 0 Å². The summed E-state index contributed by atoms with van der Waals surface area (Å²) in [4.78, 5) is 0. The Morgan fingerprint density at radius 2 is 0.810 bits per heavy atom. The molecule has 0 aliphatic heterocycles. The maximum atomic E-state index is 9.12. The van der Waals surface area contributed by atoms with Gasteiger partial charge >= 0.3 is 202 Å². The molecule has 0 saturated carbocycles. The van der Waals surface area contributed by atoms with Crippen molar-refractivity contribution in [2.45, 2.75) is 44.6 Å². The molecule has 0 aromatic carbocycles. The molecule has 0 aliphatic rings. The third-order valence-corrected chi connectivity index (χ3v) is 0.316. The molecule has 14 heteroatoms. The topological polar surface area (TPSA) is 60.4 Å². The molecule has 21 heavy (non-hydrogen) atoms. The van der Waals surface area contributed by atoms with E-state index in [-0.39, 0.29) is 161 Å². The fraction of sp³-hybridized carbons (Fsp3) is 1.00. The molecule has 0 aromatic rings. The van der Waals surface area contributed by atoms with Gasteiger partial charge in [-0.25, -0.2) is 0 Å². The summed E-state index contributed by atoms with van der Waals surface area (Å²) in [5.74, 6) is -0.778. The number of hydrogen-bond donors (Lipinski definition) is 1. The second-order valence-corrected chi connectivity index (χ2v) is 1.30. The van der Waals surface area contributed by atoms with Gasteiger partial charge in [0.15, 0.2) is 0 Å². The first kappa shape index (κ1) is 117. The number of aliphatic hydroxyl groups is 1. The molecule has 3 nitrogen and oxygen atoms in total. The van der Waals surface area contributed by atoms with Gasteiger partial charge in [-0.05, 0) is 11.1 Å². The number of rotatable bonds is 1. The summed E-state index contributed by atoms with van der Waals surface area (Å²) < 4.78 is 18.2. The van der Waals surface area contributed by atoms with E-state index in [9.17, 15) is 0 Å². The van der Waals surface area contributed by atoms with Crippen molar-refractivity contribution >= 4 is 184 Å². The van der Waals surface area contributed by atoms with Gasteiger partial charge in [0.1, 0.15) is 5.94 Å². The molecular formula is C7H39Na5O3SSe5. The summed E-state index contributed by atoms with van der Waals surface area (Å²) in [5, 5.41) is 7.53. The molecule has 0 aliphatic carbocycles. The van der Waals surface area contributed by atoms with Gasteiger partial charge in [-0.3, -0.25) is 4.21 Å². The number of aliphatic hydroxyl groups excluding tert-OH is 1. The molecule has 0 rings (SSSR count). The Balaban J connectivity index is -0.00000000144. The first-order chi connectivity index (χ1) is 4.27. The Morgan fingerprint density at radius 3 is 0.810 bits per heavy atom. The molecule has 0 amide bonds. The zero-order valence-electron chi connectivity index (χ0n) is 9.88. The molecule has 0 bridgehead atoms. The van der Waals surface area contributed by atoms with Crippen LogP contribution >= 0.6 is 0 Å². The van der Waals surface area contributed by atoms with E-state index < -0.39 is 17.0 Å². The van der Waals surface area contributed by atoms with Crippen molar-refractivity contribution in [2.24, 2.45) is 0 Å². The van der Waals surface area contributed by atoms with Crippen molar-refractivity contribution < 1.29 is 44.9 Å². The molecule has 0 heterocycles. The van der Waals surface area contributed by atoms with Crippen LogP contribution in [0.2, 0.25) is 0 Å². The Hall–Kier alpha value is 7.67. The van der Waals surface area contributed by atoms with Crippen LogP contribution in [0, 0.1) is 0 Å². The van der Waals surface area contributed by atoms with Gasteiger partial charge in [0.2, 0.25) is 0 Å². The molecule has 0 spiro atoms. The minimum atomic E-state index is -2.27. The maximum absolute atomic E-state index is 9.12. The van der Waals surface area contributed by atoms with Crippen molar-refractivity contribution in [1.82, 2.24) is 0 Å². The predicted molar refractivity (Wildman–Crippen MR) is 124 cm³/mol. The minimum absolute atomic E-state index is 0. The van der Waals surface area contributed by atoms with Crippen LogP contribution in [0.15, 0.2) is 0 Å². The summed E-state index contributed by atoms with van der Waals surface area (Å²) in [6, 6.07) is 0. The molecule has 0 fully saturated rings. The zero-order chi connectivity index (χ0) is 8.28. The fourth-order valence-corrected chi connectivity index (χ4v) is 0. The van der Waals surface area contributed by atoms with Gasteiger partial charge in [-0.1, -0.05) is 44.6 Å². The monoisotopic (exact) mass is 718 g/mol. The van der Waals surface area contributed by atoms with Crippen molar-refractivity contribution in [1.29, 1.82) is 0 Å².